The highest BCUT2D eigenvalue weighted by Crippen LogP contribution is 2.37. The molecule has 0 bridgehead atoms. The van der Waals surface area contributed by atoms with E-state index in [2.05, 4.69) is 22.8 Å². The second kappa shape index (κ2) is 11.8. The Kier molecular flexibility index (Phi) is 8.36. The third-order valence-electron chi connectivity index (χ3n) is 6.69. The van der Waals surface area contributed by atoms with Crippen LogP contribution in [0.4, 0.5) is 0 Å². The van der Waals surface area contributed by atoms with Gasteiger partial charge in [0.2, 0.25) is 17.7 Å². The summed E-state index contributed by atoms with van der Waals surface area (Å²) in [5.74, 6) is -1.91. The van der Waals surface area contributed by atoms with Gasteiger partial charge in [0.25, 0.3) is 0 Å². The molecule has 0 saturated heterocycles. The minimum absolute atomic E-state index is 0.145. The van der Waals surface area contributed by atoms with Crippen molar-refractivity contribution in [2.45, 2.75) is 45.7 Å². The number of benzene rings is 3. The van der Waals surface area contributed by atoms with Gasteiger partial charge in [0.15, 0.2) is 0 Å². The molecule has 0 saturated carbocycles. The van der Waals surface area contributed by atoms with Gasteiger partial charge in [0.1, 0.15) is 6.04 Å². The molecule has 1 aliphatic carbocycles. The molecule has 0 aromatic heterocycles. The molecular formula is C30H33N3O4. The normalized spacial score (nSPS) is 13.3. The summed E-state index contributed by atoms with van der Waals surface area (Å²) in [7, 11) is 0. The molecule has 0 unspecified atom stereocenters. The van der Waals surface area contributed by atoms with E-state index in [4.69, 9.17) is 5.21 Å². The first-order valence-corrected chi connectivity index (χ1v) is 12.6. The van der Waals surface area contributed by atoms with E-state index in [1.165, 1.54) is 11.1 Å². The average Bonchev–Trinajstić information content (AvgIpc) is 3.28. The van der Waals surface area contributed by atoms with Crippen molar-refractivity contribution in [2.24, 2.45) is 11.8 Å². The van der Waals surface area contributed by atoms with Crippen molar-refractivity contribution >= 4 is 17.7 Å². The van der Waals surface area contributed by atoms with Gasteiger partial charge >= 0.3 is 0 Å². The van der Waals surface area contributed by atoms with Gasteiger partial charge in [-0.2, -0.15) is 0 Å². The third-order valence-corrected chi connectivity index (χ3v) is 6.69. The third kappa shape index (κ3) is 6.43. The Balaban J connectivity index is 1.60. The highest BCUT2D eigenvalue weighted by Gasteiger charge is 2.30. The summed E-state index contributed by atoms with van der Waals surface area (Å²) in [6.07, 6.45) is 1.04. The summed E-state index contributed by atoms with van der Waals surface area (Å²) in [5.41, 5.74) is 7.89. The van der Waals surface area contributed by atoms with Gasteiger partial charge in [0, 0.05) is 18.9 Å². The Morgan fingerprint density at radius 3 is 2.30 bits per heavy atom. The Morgan fingerprint density at radius 2 is 1.57 bits per heavy atom. The molecule has 0 fully saturated rings. The fourth-order valence-corrected chi connectivity index (χ4v) is 4.91. The van der Waals surface area contributed by atoms with Gasteiger partial charge in [-0.05, 0) is 52.1 Å². The van der Waals surface area contributed by atoms with E-state index in [1.807, 2.05) is 74.5 Å². The fourth-order valence-electron chi connectivity index (χ4n) is 4.91. The van der Waals surface area contributed by atoms with Gasteiger partial charge in [-0.3, -0.25) is 19.6 Å². The van der Waals surface area contributed by atoms with Gasteiger partial charge in [-0.1, -0.05) is 86.6 Å². The largest absolute Gasteiger partial charge is 0.350 e. The van der Waals surface area contributed by atoms with Gasteiger partial charge < -0.3 is 10.6 Å². The summed E-state index contributed by atoms with van der Waals surface area (Å²) in [6, 6.07) is 22.7. The molecule has 7 heteroatoms. The van der Waals surface area contributed by atoms with Crippen molar-refractivity contribution in [3.8, 4) is 11.1 Å². The number of amides is 3. The molecule has 0 heterocycles. The minimum atomic E-state index is -0.933. The van der Waals surface area contributed by atoms with Crippen molar-refractivity contribution in [3.63, 3.8) is 0 Å². The number of hydroxylamine groups is 1. The van der Waals surface area contributed by atoms with Gasteiger partial charge in [0.05, 0.1) is 0 Å². The standard InChI is InChI=1S/C30H33N3O4/c1-19(2)14-24(17-27(34)33-37)29(35)32-28(30(36)31-18-20-8-4-3-5-9-20)22-12-13-26-23(16-22)15-21-10-6-7-11-25(21)26/h3-13,16,19,24,28,37H,14-15,17-18H2,1-2H3,(H,31,36)(H,32,35)(H,33,34)/t24-,28-/m1/s1. The molecule has 3 aromatic carbocycles. The van der Waals surface area contributed by atoms with Crippen LogP contribution >= 0.6 is 0 Å². The maximum absolute atomic E-state index is 13.4. The fraction of sp³-hybridized carbons (Fsp3) is 0.300. The highest BCUT2D eigenvalue weighted by molar-refractivity contribution is 5.91. The molecule has 4 N–H and O–H groups in total. The molecule has 4 rings (SSSR count). The van der Waals surface area contributed by atoms with Crippen LogP contribution in [-0.2, 0) is 27.3 Å². The zero-order valence-corrected chi connectivity index (χ0v) is 21.2. The molecule has 0 spiro atoms. The van der Waals surface area contributed by atoms with Crippen molar-refractivity contribution in [1.29, 1.82) is 0 Å². The van der Waals surface area contributed by atoms with Crippen molar-refractivity contribution in [2.75, 3.05) is 0 Å². The summed E-state index contributed by atoms with van der Waals surface area (Å²) < 4.78 is 0. The van der Waals surface area contributed by atoms with Crippen molar-refractivity contribution < 1.29 is 19.6 Å². The molecule has 7 nitrogen and oxygen atoms in total. The van der Waals surface area contributed by atoms with Gasteiger partial charge in [-0.25, -0.2) is 5.48 Å². The van der Waals surface area contributed by atoms with Crippen molar-refractivity contribution in [1.82, 2.24) is 16.1 Å². The number of hydrogen-bond acceptors (Lipinski definition) is 4. The second-order valence-corrected chi connectivity index (χ2v) is 9.96. The van der Waals surface area contributed by atoms with Crippen LogP contribution in [0.5, 0.6) is 0 Å². The predicted molar refractivity (Wildman–Crippen MR) is 141 cm³/mol. The maximum atomic E-state index is 13.4. The van der Waals surface area contributed by atoms with Crippen molar-refractivity contribution in [3.05, 3.63) is 95.1 Å². The molecule has 37 heavy (non-hydrogen) atoms. The van der Waals surface area contributed by atoms with Crippen LogP contribution < -0.4 is 16.1 Å². The van der Waals surface area contributed by atoms with Crippen LogP contribution in [0.2, 0.25) is 0 Å². The van der Waals surface area contributed by atoms with E-state index >= 15 is 0 Å². The highest BCUT2D eigenvalue weighted by atomic mass is 16.5. The summed E-state index contributed by atoms with van der Waals surface area (Å²) in [6.45, 7) is 4.24. The van der Waals surface area contributed by atoms with Crippen LogP contribution in [0.15, 0.2) is 72.8 Å². The Labute approximate surface area is 217 Å². The van der Waals surface area contributed by atoms with Crippen LogP contribution in [0.1, 0.15) is 55.0 Å². The lowest BCUT2D eigenvalue weighted by Crippen LogP contribution is -2.43. The topological polar surface area (TPSA) is 108 Å². The van der Waals surface area contributed by atoms with E-state index < -0.39 is 23.8 Å². The van der Waals surface area contributed by atoms with E-state index in [-0.39, 0.29) is 18.2 Å². The smallest absolute Gasteiger partial charge is 0.247 e. The average molecular weight is 500 g/mol. The van der Waals surface area contributed by atoms with Crippen LogP contribution in [0.3, 0.4) is 0 Å². The Hall–Kier alpha value is -3.97. The number of hydrogen-bond donors (Lipinski definition) is 4. The first-order chi connectivity index (χ1) is 17.9. The lowest BCUT2D eigenvalue weighted by atomic mass is 9.92. The monoisotopic (exact) mass is 499 g/mol. The Bertz CT molecular complexity index is 1270. The minimum Gasteiger partial charge on any atom is -0.350 e. The first-order valence-electron chi connectivity index (χ1n) is 12.6. The quantitative estimate of drug-likeness (QED) is 0.193. The molecule has 3 aromatic rings. The molecular weight excluding hydrogens is 466 g/mol. The summed E-state index contributed by atoms with van der Waals surface area (Å²) in [5, 5.41) is 14.8. The zero-order valence-electron chi connectivity index (χ0n) is 21.2. The maximum Gasteiger partial charge on any atom is 0.247 e. The number of carbonyl (C=O) groups excluding carboxylic acids is 3. The van der Waals surface area contributed by atoms with E-state index in [9.17, 15) is 14.4 Å². The lowest BCUT2D eigenvalue weighted by molar-refractivity contribution is -0.136. The summed E-state index contributed by atoms with van der Waals surface area (Å²) >= 11 is 0. The second-order valence-electron chi connectivity index (χ2n) is 9.96. The molecule has 1 aliphatic rings. The van der Waals surface area contributed by atoms with Gasteiger partial charge in [-0.15, -0.1) is 0 Å². The number of nitrogens with one attached hydrogen (secondary N) is 3. The van der Waals surface area contributed by atoms with E-state index in [1.54, 1.807) is 5.48 Å². The number of rotatable bonds is 10. The van der Waals surface area contributed by atoms with E-state index in [0.29, 0.717) is 18.5 Å². The number of fused-ring (bicyclic) bond motifs is 3. The molecule has 0 aliphatic heterocycles. The molecule has 192 valence electrons. The Morgan fingerprint density at radius 1 is 0.865 bits per heavy atom. The van der Waals surface area contributed by atoms with Crippen LogP contribution in [0, 0.1) is 11.8 Å². The molecule has 0 radical (unpaired) electrons. The zero-order chi connectivity index (χ0) is 26.4. The van der Waals surface area contributed by atoms with E-state index in [0.717, 1.165) is 23.1 Å². The summed E-state index contributed by atoms with van der Waals surface area (Å²) in [4.78, 5) is 38.7. The number of carbonyl (C=O) groups is 3. The first kappa shape index (κ1) is 26.1. The van der Waals surface area contributed by atoms with Crippen LogP contribution in [-0.4, -0.2) is 22.9 Å². The predicted octanol–water partition coefficient (Wildman–Crippen LogP) is 4.29. The molecule has 3 amide bonds. The molecule has 2 atom stereocenters. The van der Waals surface area contributed by atoms with Crippen LogP contribution in [0.25, 0.3) is 11.1 Å². The SMILES string of the molecule is CC(C)C[C@H](CC(=O)NO)C(=O)N[C@@H](C(=O)NCc1ccccc1)c1ccc2c(c1)Cc1ccccc1-2. The lowest BCUT2D eigenvalue weighted by Gasteiger charge is -2.24.